The highest BCUT2D eigenvalue weighted by Crippen LogP contribution is 2.14. The minimum atomic E-state index is -2.20. The fraction of sp³-hybridized carbons (Fsp3) is 1.00. The SMILES string of the molecule is CN1CCC(N(C)CC(F)F)CC1. The van der Waals surface area contributed by atoms with E-state index in [0.29, 0.717) is 6.04 Å². The first-order chi connectivity index (χ1) is 6.09. The van der Waals surface area contributed by atoms with E-state index in [1.807, 2.05) is 0 Å². The van der Waals surface area contributed by atoms with Crippen LogP contribution in [0, 0.1) is 0 Å². The lowest BCUT2D eigenvalue weighted by Gasteiger charge is -2.34. The molecule has 0 unspecified atom stereocenters. The van der Waals surface area contributed by atoms with Crippen LogP contribution in [0.2, 0.25) is 0 Å². The Hall–Kier alpha value is -0.220. The van der Waals surface area contributed by atoms with Crippen molar-refractivity contribution in [1.82, 2.24) is 9.80 Å². The van der Waals surface area contributed by atoms with Gasteiger partial charge in [-0.3, -0.25) is 4.90 Å². The zero-order valence-corrected chi connectivity index (χ0v) is 8.34. The van der Waals surface area contributed by atoms with Crippen molar-refractivity contribution in [3.63, 3.8) is 0 Å². The van der Waals surface area contributed by atoms with Gasteiger partial charge in [0.25, 0.3) is 6.43 Å². The van der Waals surface area contributed by atoms with Crippen LogP contribution in [0.4, 0.5) is 8.78 Å². The summed E-state index contributed by atoms with van der Waals surface area (Å²) in [7, 11) is 3.87. The van der Waals surface area contributed by atoms with E-state index < -0.39 is 6.43 Å². The van der Waals surface area contributed by atoms with Crippen molar-refractivity contribution in [1.29, 1.82) is 0 Å². The maximum Gasteiger partial charge on any atom is 0.251 e. The highest BCUT2D eigenvalue weighted by Gasteiger charge is 2.22. The predicted molar refractivity (Wildman–Crippen MR) is 49.2 cm³/mol. The Morgan fingerprint density at radius 2 is 1.92 bits per heavy atom. The summed E-state index contributed by atoms with van der Waals surface area (Å²) in [5, 5.41) is 0. The number of halogens is 2. The van der Waals surface area contributed by atoms with Crippen LogP contribution in [0.15, 0.2) is 0 Å². The molecule has 0 spiro atoms. The first kappa shape index (κ1) is 10.9. The van der Waals surface area contributed by atoms with Crippen LogP contribution in [0.3, 0.4) is 0 Å². The monoisotopic (exact) mass is 192 g/mol. The van der Waals surface area contributed by atoms with Crippen LogP contribution in [0.25, 0.3) is 0 Å². The highest BCUT2D eigenvalue weighted by molar-refractivity contribution is 4.76. The third-order valence-electron chi connectivity index (χ3n) is 2.74. The molecule has 1 fully saturated rings. The molecule has 0 amide bonds. The molecule has 13 heavy (non-hydrogen) atoms. The van der Waals surface area contributed by atoms with Gasteiger partial charge in [-0.2, -0.15) is 0 Å². The third kappa shape index (κ3) is 3.56. The Morgan fingerprint density at radius 3 is 2.38 bits per heavy atom. The lowest BCUT2D eigenvalue weighted by molar-refractivity contribution is 0.0614. The fourth-order valence-corrected chi connectivity index (χ4v) is 1.80. The number of alkyl halides is 2. The van der Waals surface area contributed by atoms with Crippen molar-refractivity contribution >= 4 is 0 Å². The zero-order valence-electron chi connectivity index (χ0n) is 8.34. The fourth-order valence-electron chi connectivity index (χ4n) is 1.80. The van der Waals surface area contributed by atoms with Crippen LogP contribution in [-0.4, -0.2) is 56.0 Å². The Labute approximate surface area is 78.5 Å². The molecule has 0 saturated carbocycles. The Bertz CT molecular complexity index is 145. The standard InChI is InChI=1S/C9H18F2N2/c1-12-5-3-8(4-6-12)13(2)7-9(10)11/h8-9H,3-7H2,1-2H3. The first-order valence-electron chi connectivity index (χ1n) is 4.76. The number of likely N-dealkylation sites (tertiary alicyclic amines) is 1. The van der Waals surface area contributed by atoms with Gasteiger partial charge in [0.05, 0.1) is 6.54 Å². The van der Waals surface area contributed by atoms with E-state index in [2.05, 4.69) is 11.9 Å². The molecule has 1 aliphatic rings. The average molecular weight is 192 g/mol. The third-order valence-corrected chi connectivity index (χ3v) is 2.74. The molecule has 0 aromatic rings. The van der Waals surface area contributed by atoms with Gasteiger partial charge in [0.15, 0.2) is 0 Å². The van der Waals surface area contributed by atoms with Gasteiger partial charge in [-0.1, -0.05) is 0 Å². The summed E-state index contributed by atoms with van der Waals surface area (Å²) in [4.78, 5) is 4.03. The number of nitrogens with zero attached hydrogens (tertiary/aromatic N) is 2. The minimum absolute atomic E-state index is 0.0889. The van der Waals surface area contributed by atoms with Gasteiger partial charge in [0.2, 0.25) is 0 Å². The van der Waals surface area contributed by atoms with E-state index in [0.717, 1.165) is 25.9 Å². The van der Waals surface area contributed by atoms with Crippen molar-refractivity contribution in [3.8, 4) is 0 Å². The largest absolute Gasteiger partial charge is 0.306 e. The summed E-state index contributed by atoms with van der Waals surface area (Å²) < 4.78 is 24.1. The van der Waals surface area contributed by atoms with Gasteiger partial charge in [-0.05, 0) is 40.0 Å². The Balaban J connectivity index is 2.27. The van der Waals surface area contributed by atoms with Crippen LogP contribution >= 0.6 is 0 Å². The van der Waals surface area contributed by atoms with Gasteiger partial charge in [-0.25, -0.2) is 8.78 Å². The zero-order chi connectivity index (χ0) is 9.84. The number of rotatable bonds is 3. The first-order valence-corrected chi connectivity index (χ1v) is 4.76. The van der Waals surface area contributed by atoms with Crippen LogP contribution in [-0.2, 0) is 0 Å². The molecule has 4 heteroatoms. The highest BCUT2D eigenvalue weighted by atomic mass is 19.3. The van der Waals surface area contributed by atoms with Crippen molar-refractivity contribution in [2.24, 2.45) is 0 Å². The number of hydrogen-bond acceptors (Lipinski definition) is 2. The molecule has 1 aliphatic heterocycles. The Kier molecular flexibility index (Phi) is 4.06. The molecule has 0 aliphatic carbocycles. The topological polar surface area (TPSA) is 6.48 Å². The lowest BCUT2D eigenvalue weighted by Crippen LogP contribution is -2.43. The van der Waals surface area contributed by atoms with Crippen molar-refractivity contribution in [2.45, 2.75) is 25.3 Å². The van der Waals surface area contributed by atoms with Crippen LogP contribution < -0.4 is 0 Å². The average Bonchev–Trinajstić information content (AvgIpc) is 2.04. The predicted octanol–water partition coefficient (Wildman–Crippen LogP) is 1.28. The molecular weight excluding hydrogens is 174 g/mol. The van der Waals surface area contributed by atoms with Gasteiger partial charge < -0.3 is 4.90 Å². The number of hydrogen-bond donors (Lipinski definition) is 0. The van der Waals surface area contributed by atoms with Crippen molar-refractivity contribution in [2.75, 3.05) is 33.7 Å². The quantitative estimate of drug-likeness (QED) is 0.664. The maximum atomic E-state index is 12.1. The van der Waals surface area contributed by atoms with E-state index >= 15 is 0 Å². The van der Waals surface area contributed by atoms with E-state index in [-0.39, 0.29) is 6.54 Å². The van der Waals surface area contributed by atoms with Gasteiger partial charge >= 0.3 is 0 Å². The summed E-state index contributed by atoms with van der Waals surface area (Å²) in [6.45, 7) is 1.96. The van der Waals surface area contributed by atoms with E-state index in [4.69, 9.17) is 0 Å². The molecule has 1 saturated heterocycles. The van der Waals surface area contributed by atoms with E-state index in [9.17, 15) is 8.78 Å². The van der Waals surface area contributed by atoms with Gasteiger partial charge in [-0.15, -0.1) is 0 Å². The van der Waals surface area contributed by atoms with Crippen molar-refractivity contribution < 1.29 is 8.78 Å². The molecule has 1 heterocycles. The summed E-state index contributed by atoms with van der Waals surface area (Å²) in [6, 6.07) is 0.352. The van der Waals surface area contributed by atoms with E-state index in [1.165, 1.54) is 0 Å². The van der Waals surface area contributed by atoms with Crippen LogP contribution in [0.5, 0.6) is 0 Å². The summed E-state index contributed by atoms with van der Waals surface area (Å²) in [5.41, 5.74) is 0. The summed E-state index contributed by atoms with van der Waals surface area (Å²) >= 11 is 0. The second-order valence-electron chi connectivity index (χ2n) is 3.87. The Morgan fingerprint density at radius 1 is 1.38 bits per heavy atom. The minimum Gasteiger partial charge on any atom is -0.306 e. The summed E-state index contributed by atoms with van der Waals surface area (Å²) in [6.07, 6.45) is -0.177. The maximum absolute atomic E-state index is 12.1. The number of piperidine rings is 1. The van der Waals surface area contributed by atoms with Gasteiger partial charge in [0, 0.05) is 6.04 Å². The normalized spacial score (nSPS) is 21.7. The van der Waals surface area contributed by atoms with E-state index in [1.54, 1.807) is 11.9 Å². The second-order valence-corrected chi connectivity index (χ2v) is 3.87. The van der Waals surface area contributed by atoms with Crippen molar-refractivity contribution in [3.05, 3.63) is 0 Å². The molecule has 0 bridgehead atoms. The second kappa shape index (κ2) is 4.86. The molecule has 0 radical (unpaired) electrons. The molecule has 78 valence electrons. The molecule has 0 N–H and O–H groups in total. The molecule has 0 aromatic heterocycles. The molecule has 0 atom stereocenters. The summed E-state index contributed by atoms with van der Waals surface area (Å²) in [5.74, 6) is 0. The van der Waals surface area contributed by atoms with Gasteiger partial charge in [0.1, 0.15) is 0 Å². The molecule has 2 nitrogen and oxygen atoms in total. The van der Waals surface area contributed by atoms with Crippen LogP contribution in [0.1, 0.15) is 12.8 Å². The molecule has 1 rings (SSSR count). The molecule has 0 aromatic carbocycles. The molecular formula is C9H18F2N2. The smallest absolute Gasteiger partial charge is 0.251 e. The lowest BCUT2D eigenvalue weighted by atomic mass is 10.0.